The Morgan fingerprint density at radius 3 is 2.71 bits per heavy atom. The van der Waals surface area contributed by atoms with E-state index in [1.807, 2.05) is 38.1 Å². The van der Waals surface area contributed by atoms with Crippen molar-refractivity contribution in [2.24, 2.45) is 5.92 Å². The number of hydrogen-bond donors (Lipinski definition) is 1. The number of ether oxygens (including phenoxy) is 2. The molecule has 1 aliphatic heterocycles. The molecule has 2 unspecified atom stereocenters. The van der Waals surface area contributed by atoms with Crippen LogP contribution in [0.3, 0.4) is 0 Å². The second-order valence-corrected chi connectivity index (χ2v) is 5.56. The van der Waals surface area contributed by atoms with Gasteiger partial charge in [-0.2, -0.15) is 0 Å². The Labute approximate surface area is 124 Å². The van der Waals surface area contributed by atoms with Crippen LogP contribution in [0.2, 0.25) is 0 Å². The van der Waals surface area contributed by atoms with Crippen molar-refractivity contribution in [3.63, 3.8) is 0 Å². The average molecular weight is 291 g/mol. The van der Waals surface area contributed by atoms with E-state index in [9.17, 15) is 9.59 Å². The Kier molecular flexibility index (Phi) is 4.83. The first-order valence-electron chi connectivity index (χ1n) is 7.19. The van der Waals surface area contributed by atoms with Crippen molar-refractivity contribution < 1.29 is 19.1 Å². The Balaban J connectivity index is 1.91. The number of nitrogens with one attached hydrogen (secondary N) is 1. The van der Waals surface area contributed by atoms with Crippen LogP contribution in [0, 0.1) is 5.92 Å². The average Bonchev–Trinajstić information content (AvgIpc) is 2.45. The van der Waals surface area contributed by atoms with Gasteiger partial charge in [0.2, 0.25) is 0 Å². The van der Waals surface area contributed by atoms with E-state index in [4.69, 9.17) is 9.47 Å². The van der Waals surface area contributed by atoms with Crippen LogP contribution >= 0.6 is 0 Å². The molecule has 1 amide bonds. The van der Waals surface area contributed by atoms with Gasteiger partial charge in [-0.1, -0.05) is 18.2 Å². The molecular formula is C16H21NO4. The van der Waals surface area contributed by atoms with Crippen molar-refractivity contribution in [2.45, 2.75) is 39.3 Å². The maximum atomic E-state index is 12.1. The van der Waals surface area contributed by atoms with Gasteiger partial charge in [-0.05, 0) is 38.8 Å². The molecule has 1 aliphatic rings. The van der Waals surface area contributed by atoms with Gasteiger partial charge in [-0.3, -0.25) is 9.59 Å². The van der Waals surface area contributed by atoms with E-state index in [0.29, 0.717) is 6.42 Å². The number of esters is 1. The normalized spacial score (nSPS) is 18.4. The van der Waals surface area contributed by atoms with Gasteiger partial charge in [-0.25, -0.2) is 0 Å². The van der Waals surface area contributed by atoms with Gasteiger partial charge in [0.05, 0.1) is 5.92 Å². The van der Waals surface area contributed by atoms with E-state index >= 15 is 0 Å². The lowest BCUT2D eigenvalue weighted by atomic mass is 9.97. The van der Waals surface area contributed by atoms with Crippen molar-refractivity contribution in [1.29, 1.82) is 0 Å². The summed E-state index contributed by atoms with van der Waals surface area (Å²) in [5.74, 6) is -0.229. The van der Waals surface area contributed by atoms with E-state index < -0.39 is 12.1 Å². The second-order valence-electron chi connectivity index (χ2n) is 5.56. The van der Waals surface area contributed by atoms with Crippen molar-refractivity contribution >= 4 is 11.9 Å². The zero-order valence-electron chi connectivity index (χ0n) is 12.6. The molecule has 0 radical (unpaired) electrons. The molecule has 114 valence electrons. The summed E-state index contributed by atoms with van der Waals surface area (Å²) in [5.41, 5.74) is 0.991. The van der Waals surface area contributed by atoms with Gasteiger partial charge in [-0.15, -0.1) is 0 Å². The molecule has 0 spiro atoms. The molecule has 0 bridgehead atoms. The topological polar surface area (TPSA) is 64.6 Å². The summed E-state index contributed by atoms with van der Waals surface area (Å²) in [6.07, 6.45) is -0.217. The summed E-state index contributed by atoms with van der Waals surface area (Å²) in [7, 11) is 0. The van der Waals surface area contributed by atoms with Crippen LogP contribution in [-0.4, -0.2) is 30.6 Å². The molecule has 0 aliphatic carbocycles. The molecule has 5 heteroatoms. The van der Waals surface area contributed by atoms with Gasteiger partial charge in [0.1, 0.15) is 12.4 Å². The fourth-order valence-corrected chi connectivity index (χ4v) is 2.21. The first-order chi connectivity index (χ1) is 9.97. The SMILES string of the molecule is CC(C)NC(=O)C(C)OC(=O)C1COc2ccccc2C1. The lowest BCUT2D eigenvalue weighted by Gasteiger charge is -2.25. The summed E-state index contributed by atoms with van der Waals surface area (Å²) in [4.78, 5) is 23.9. The summed E-state index contributed by atoms with van der Waals surface area (Å²) in [5, 5.41) is 2.72. The predicted molar refractivity (Wildman–Crippen MR) is 78.0 cm³/mol. The fourth-order valence-electron chi connectivity index (χ4n) is 2.21. The Bertz CT molecular complexity index is 527. The number of carbonyl (C=O) groups excluding carboxylic acids is 2. The minimum absolute atomic E-state index is 0.0172. The molecule has 0 fully saturated rings. The highest BCUT2D eigenvalue weighted by atomic mass is 16.6. The van der Waals surface area contributed by atoms with Gasteiger partial charge < -0.3 is 14.8 Å². The molecule has 1 N–H and O–H groups in total. The standard InChI is InChI=1S/C16H21NO4/c1-10(2)17-15(18)11(3)21-16(19)13-8-12-6-4-5-7-14(12)20-9-13/h4-7,10-11,13H,8-9H2,1-3H3,(H,17,18). The molecule has 5 nitrogen and oxygen atoms in total. The number of fused-ring (bicyclic) bond motifs is 1. The summed E-state index contributed by atoms with van der Waals surface area (Å²) in [6, 6.07) is 7.65. The van der Waals surface area contributed by atoms with Gasteiger partial charge in [0.25, 0.3) is 5.91 Å². The summed E-state index contributed by atoms with van der Waals surface area (Å²) in [6.45, 7) is 5.58. The first kappa shape index (κ1) is 15.4. The van der Waals surface area contributed by atoms with Crippen LogP contribution < -0.4 is 10.1 Å². The van der Waals surface area contributed by atoms with Gasteiger partial charge in [0, 0.05) is 6.04 Å². The highest BCUT2D eigenvalue weighted by Crippen LogP contribution is 2.27. The number of para-hydroxylation sites is 1. The Morgan fingerprint density at radius 1 is 1.29 bits per heavy atom. The summed E-state index contributed by atoms with van der Waals surface area (Å²) < 4.78 is 10.8. The van der Waals surface area contributed by atoms with Gasteiger partial charge >= 0.3 is 5.97 Å². The largest absolute Gasteiger partial charge is 0.492 e. The zero-order chi connectivity index (χ0) is 15.4. The van der Waals surface area contributed by atoms with Crippen LogP contribution in [0.15, 0.2) is 24.3 Å². The minimum Gasteiger partial charge on any atom is -0.492 e. The molecular weight excluding hydrogens is 270 g/mol. The molecule has 1 heterocycles. The lowest BCUT2D eigenvalue weighted by molar-refractivity contribution is -0.160. The molecule has 2 rings (SSSR count). The van der Waals surface area contributed by atoms with Crippen molar-refractivity contribution in [1.82, 2.24) is 5.32 Å². The quantitative estimate of drug-likeness (QED) is 0.858. The van der Waals surface area contributed by atoms with E-state index in [1.54, 1.807) is 6.92 Å². The van der Waals surface area contributed by atoms with E-state index in [0.717, 1.165) is 11.3 Å². The molecule has 1 aromatic carbocycles. The molecule has 0 saturated carbocycles. The number of rotatable bonds is 4. The molecule has 0 aromatic heterocycles. The highest BCUT2D eigenvalue weighted by molar-refractivity contribution is 5.84. The maximum absolute atomic E-state index is 12.1. The van der Waals surface area contributed by atoms with Crippen LogP contribution in [0.5, 0.6) is 5.75 Å². The number of hydrogen-bond acceptors (Lipinski definition) is 4. The third-order valence-corrected chi connectivity index (χ3v) is 3.31. The Morgan fingerprint density at radius 2 is 2.00 bits per heavy atom. The van der Waals surface area contributed by atoms with Crippen LogP contribution in [0.4, 0.5) is 0 Å². The Hall–Kier alpha value is -2.04. The zero-order valence-corrected chi connectivity index (χ0v) is 12.6. The second kappa shape index (κ2) is 6.61. The summed E-state index contributed by atoms with van der Waals surface area (Å²) >= 11 is 0. The van der Waals surface area contributed by atoms with Crippen LogP contribution in [-0.2, 0) is 20.7 Å². The fraction of sp³-hybridized carbons (Fsp3) is 0.500. The highest BCUT2D eigenvalue weighted by Gasteiger charge is 2.29. The number of carbonyl (C=O) groups is 2. The predicted octanol–water partition coefficient (Wildman–Crippen LogP) is 1.69. The van der Waals surface area contributed by atoms with Crippen LogP contribution in [0.1, 0.15) is 26.3 Å². The maximum Gasteiger partial charge on any atom is 0.313 e. The smallest absolute Gasteiger partial charge is 0.313 e. The van der Waals surface area contributed by atoms with Gasteiger partial charge in [0.15, 0.2) is 6.10 Å². The van der Waals surface area contributed by atoms with E-state index in [-0.39, 0.29) is 24.5 Å². The lowest BCUT2D eigenvalue weighted by Crippen LogP contribution is -2.41. The van der Waals surface area contributed by atoms with E-state index in [2.05, 4.69) is 5.32 Å². The molecule has 0 saturated heterocycles. The van der Waals surface area contributed by atoms with Crippen LogP contribution in [0.25, 0.3) is 0 Å². The van der Waals surface area contributed by atoms with Crippen molar-refractivity contribution in [3.8, 4) is 5.75 Å². The van der Waals surface area contributed by atoms with Crippen molar-refractivity contribution in [2.75, 3.05) is 6.61 Å². The van der Waals surface area contributed by atoms with Crippen molar-refractivity contribution in [3.05, 3.63) is 29.8 Å². The molecule has 1 aromatic rings. The monoisotopic (exact) mass is 291 g/mol. The van der Waals surface area contributed by atoms with E-state index in [1.165, 1.54) is 0 Å². The first-order valence-corrected chi connectivity index (χ1v) is 7.19. The third kappa shape index (κ3) is 3.97. The minimum atomic E-state index is -0.794. The number of amides is 1. The molecule has 2 atom stereocenters. The molecule has 21 heavy (non-hydrogen) atoms. The number of benzene rings is 1. The third-order valence-electron chi connectivity index (χ3n) is 3.31.